The normalized spacial score (nSPS) is 33.7. The van der Waals surface area contributed by atoms with Crippen LogP contribution in [0.4, 0.5) is 5.69 Å². The van der Waals surface area contributed by atoms with Crippen molar-refractivity contribution < 1.29 is 78.6 Å². The number of dihydropyridines is 1. The highest BCUT2D eigenvalue weighted by Gasteiger charge is 2.66. The van der Waals surface area contributed by atoms with E-state index in [9.17, 15) is 45.3 Å². The van der Waals surface area contributed by atoms with Crippen LogP contribution in [-0.2, 0) is 49.8 Å². The average molecular weight is 1410 g/mol. The Hall–Kier alpha value is -7.46. The van der Waals surface area contributed by atoms with Crippen molar-refractivity contribution in [2.75, 3.05) is 51.6 Å². The van der Waals surface area contributed by atoms with Gasteiger partial charge in [-0.05, 0) is 134 Å². The van der Waals surface area contributed by atoms with Gasteiger partial charge < -0.3 is 96.1 Å². The number of fused-ring (bicyclic) bond motifs is 13. The number of ketones is 2. The molecule has 7 heterocycles. The fourth-order valence-electron chi connectivity index (χ4n) is 19.5. The van der Waals surface area contributed by atoms with Crippen molar-refractivity contribution in [2.45, 2.75) is 200 Å². The number of nitrogens with two attached hydrogens (primary N) is 2. The zero-order valence-electron chi connectivity index (χ0n) is 57.7. The number of aliphatic hydroxyl groups excluding tert-OH is 6. The van der Waals surface area contributed by atoms with Crippen LogP contribution in [0.1, 0.15) is 160 Å². The maximum absolute atomic E-state index is 15.9. The third kappa shape index (κ3) is 11.7. The molecule has 5 fully saturated rings. The summed E-state index contributed by atoms with van der Waals surface area (Å²) in [6.07, 6.45) is -2.38. The highest BCUT2D eigenvalue weighted by atomic mass is 16.7. The first kappa shape index (κ1) is 69.9. The zero-order chi connectivity index (χ0) is 71.4. The average Bonchev–Trinajstić information content (AvgIpc) is 1.71. The molecule has 7 aliphatic heterocycles. The standard InChI is InChI=1S/C78H93N9O16/c1-81-33-43-27-40-26-41-16-22-78(98)69(96)67(100-37-77-44(30-50(43)51(29-40)48(19-25-89)68(77)95)31-56(84-45-8-2-3-9-45)61-55(77)17-23-82-70(61)79)73-102-65-54(32-53-60(66(65)99-36-46(91)18-24-88)64(94)52-28-39(34-90)12-14-47(52)63(53)93)59(42(13-15-58(41)92)35-101-76(74(78)103-73)20-6-7-21-76)49-10-4-5-11-57(49)87-38-83-62-71(87)85-75(80)86-72(62)97/h4-5,10-12,14,17,24,27-29,31-32,41-42,45-46,48,56,58-59,62,67-69,71,73-75,81-85,89-92,95-96,98H,2-3,6-9,13,15,18-21,23,25-26,30,33-38,79-80H2,1H3,(H,86,97). The number of hydrogen-bond donors (Lipinski definition) is 15. The molecule has 4 aromatic rings. The molecule has 4 aromatic carbocycles. The number of aldehydes is 1. The summed E-state index contributed by atoms with van der Waals surface area (Å²) in [6, 6.07) is 16.8. The van der Waals surface area contributed by atoms with Crippen molar-refractivity contribution >= 4 is 29.4 Å². The summed E-state index contributed by atoms with van der Waals surface area (Å²) in [5, 5.41) is 110. The zero-order valence-corrected chi connectivity index (χ0v) is 57.7. The van der Waals surface area contributed by atoms with Crippen LogP contribution in [0.25, 0.3) is 0 Å². The first-order valence-electron chi connectivity index (χ1n) is 36.8. The number of carbonyl (C=O) groups is 4. The van der Waals surface area contributed by atoms with Gasteiger partial charge in [-0.25, -0.2) is 0 Å². The largest absolute Gasteiger partial charge is 0.486 e. The van der Waals surface area contributed by atoms with Crippen LogP contribution in [0.5, 0.6) is 11.5 Å². The second-order valence-corrected chi connectivity index (χ2v) is 30.4. The van der Waals surface area contributed by atoms with Crippen LogP contribution < -0.4 is 57.7 Å². The minimum atomic E-state index is -2.62. The number of amides is 1. The van der Waals surface area contributed by atoms with Gasteiger partial charge in [-0.2, -0.15) is 0 Å². The SMILES string of the molecule is CNCc1cc2cc3c1CC1=CC(NC4CCCC4)C4=C(N)NCC=C4C1(COC1C4Oc5c(cc6c(c5OCC(O)CC=O)C(=O)c5cc(CO)ccc5C6=O)C(c5ccccc5N5CNC6C(=O)NC(N)NC65)C5CCC(O)C(C#CC(O)(C1O)C(O4)C1(CCCC1)OC5)C2)C(O)C3CCO. The molecule has 17 N–H and O–H groups in total. The molecule has 5 aliphatic carbocycles. The van der Waals surface area contributed by atoms with Crippen LogP contribution in [0, 0.1) is 29.1 Å². The number of nitrogens with zero attached hydrogens (tertiary/aromatic N) is 1. The highest BCUT2D eigenvalue weighted by molar-refractivity contribution is 6.29. The van der Waals surface area contributed by atoms with Gasteiger partial charge in [0.1, 0.15) is 55.5 Å². The quantitative estimate of drug-likeness (QED) is 0.0427. The predicted octanol–water partition coefficient (Wildman–Crippen LogP) is 1.64. The predicted molar refractivity (Wildman–Crippen MR) is 375 cm³/mol. The van der Waals surface area contributed by atoms with Crippen LogP contribution in [0.3, 0.4) is 0 Å². The van der Waals surface area contributed by atoms with Crippen LogP contribution in [0.15, 0.2) is 95.4 Å². The molecule has 17 unspecified atom stereocenters. The highest BCUT2D eigenvalue weighted by Crippen LogP contribution is 2.59. The molecule has 103 heavy (non-hydrogen) atoms. The smallest absolute Gasteiger partial charge is 0.242 e. The Morgan fingerprint density at radius 3 is 2.53 bits per heavy atom. The molecule has 3 saturated heterocycles. The van der Waals surface area contributed by atoms with E-state index in [1.54, 1.807) is 12.1 Å². The molecule has 17 atom stereocenters. The van der Waals surface area contributed by atoms with Crippen LogP contribution >= 0.6 is 0 Å². The Kier molecular flexibility index (Phi) is 18.9. The molecule has 0 aromatic heterocycles. The molecule has 2 saturated carbocycles. The van der Waals surface area contributed by atoms with Crippen molar-refractivity contribution in [3.63, 3.8) is 0 Å². The lowest BCUT2D eigenvalue weighted by Crippen LogP contribution is -2.72. The molecule has 16 rings (SSSR count). The van der Waals surface area contributed by atoms with Crippen molar-refractivity contribution in [2.24, 2.45) is 28.7 Å². The van der Waals surface area contributed by atoms with Gasteiger partial charge in [0.25, 0.3) is 0 Å². The monoisotopic (exact) mass is 1410 g/mol. The van der Waals surface area contributed by atoms with Crippen LogP contribution in [-0.4, -0.2) is 191 Å². The summed E-state index contributed by atoms with van der Waals surface area (Å²) < 4.78 is 37.4. The minimum Gasteiger partial charge on any atom is -0.486 e. The summed E-state index contributed by atoms with van der Waals surface area (Å²) in [4.78, 5) is 59.8. The van der Waals surface area contributed by atoms with Gasteiger partial charge in [0, 0.05) is 77.5 Å². The number of anilines is 1. The van der Waals surface area contributed by atoms with E-state index in [1.165, 1.54) is 12.1 Å². The summed E-state index contributed by atoms with van der Waals surface area (Å²) in [6.45, 7) is -1.18. The fraction of sp³-hybridized carbons (Fsp3) is 0.538. The second-order valence-electron chi connectivity index (χ2n) is 30.4. The van der Waals surface area contributed by atoms with Gasteiger partial charge in [0.15, 0.2) is 28.7 Å². The van der Waals surface area contributed by atoms with E-state index >= 15 is 9.59 Å². The van der Waals surface area contributed by atoms with Gasteiger partial charge >= 0.3 is 0 Å². The van der Waals surface area contributed by atoms with Gasteiger partial charge in [-0.1, -0.05) is 91.6 Å². The van der Waals surface area contributed by atoms with Crippen LogP contribution in [0.2, 0.25) is 0 Å². The Morgan fingerprint density at radius 2 is 1.75 bits per heavy atom. The number of benzene rings is 4. The van der Waals surface area contributed by atoms with E-state index in [2.05, 4.69) is 62.0 Å². The maximum Gasteiger partial charge on any atom is 0.242 e. The Balaban J connectivity index is 0.989. The summed E-state index contributed by atoms with van der Waals surface area (Å²) in [5.74, 6) is 1.23. The fourth-order valence-corrected chi connectivity index (χ4v) is 19.5. The number of ether oxygens (including phenoxy) is 5. The molecule has 1 amide bonds. The molecule has 25 heteroatoms. The number of hydrogen-bond acceptors (Lipinski definition) is 24. The Morgan fingerprint density at radius 1 is 0.932 bits per heavy atom. The number of carbonyl (C=O) groups excluding carboxylic acids is 4. The van der Waals surface area contributed by atoms with E-state index in [-0.39, 0.29) is 110 Å². The van der Waals surface area contributed by atoms with Gasteiger partial charge in [0.2, 0.25) is 12.2 Å². The maximum atomic E-state index is 15.9. The number of rotatable bonds is 14. The molecule has 9 bridgehead atoms. The van der Waals surface area contributed by atoms with Gasteiger partial charge in [-0.15, -0.1) is 0 Å². The molecule has 0 radical (unpaired) electrons. The first-order valence-corrected chi connectivity index (χ1v) is 36.8. The molecular formula is C78H93N9O16. The lowest BCUT2D eigenvalue weighted by molar-refractivity contribution is -0.337. The Labute approximate surface area is 597 Å². The lowest BCUT2D eigenvalue weighted by atomic mass is 9.59. The third-order valence-corrected chi connectivity index (χ3v) is 24.5. The third-order valence-electron chi connectivity index (χ3n) is 24.5. The molecule has 2 spiro atoms. The minimum absolute atomic E-state index is 0.0304. The van der Waals surface area contributed by atoms with Crippen molar-refractivity contribution in [1.82, 2.24) is 31.9 Å². The number of aliphatic hydroxyl groups is 7. The van der Waals surface area contributed by atoms with E-state index in [0.29, 0.717) is 72.3 Å². The topological polar surface area (TPSA) is 384 Å². The first-order chi connectivity index (χ1) is 49.9. The number of para-hydroxylation sites is 1. The van der Waals surface area contributed by atoms with Gasteiger partial charge in [-0.3, -0.25) is 30.8 Å². The summed E-state index contributed by atoms with van der Waals surface area (Å²) >= 11 is 0. The van der Waals surface area contributed by atoms with E-state index in [0.717, 1.165) is 53.5 Å². The van der Waals surface area contributed by atoms with E-state index in [4.69, 9.17) is 35.2 Å². The lowest BCUT2D eigenvalue weighted by Gasteiger charge is -2.54. The van der Waals surface area contributed by atoms with E-state index in [1.807, 2.05) is 42.3 Å². The van der Waals surface area contributed by atoms with E-state index < -0.39 is 146 Å². The molecule has 25 nitrogen and oxygen atoms in total. The van der Waals surface area contributed by atoms with Crippen molar-refractivity contribution in [1.29, 1.82) is 0 Å². The molecular weight excluding hydrogens is 1320 g/mol. The van der Waals surface area contributed by atoms with Crippen molar-refractivity contribution in [3.8, 4) is 23.3 Å². The second kappa shape index (κ2) is 27.8. The Bertz CT molecular complexity index is 4220. The number of nitrogens with one attached hydrogen (secondary N) is 6. The molecule has 12 aliphatic rings. The van der Waals surface area contributed by atoms with Gasteiger partial charge in [0.05, 0.1) is 73.3 Å². The summed E-state index contributed by atoms with van der Waals surface area (Å²) in [5.41, 5.74) is 15.0. The van der Waals surface area contributed by atoms with Crippen molar-refractivity contribution in [3.05, 3.63) is 157 Å². The summed E-state index contributed by atoms with van der Waals surface area (Å²) in [7, 11) is 1.88. The molecule has 546 valence electrons.